The number of halogens is 1. The molecule has 0 spiro atoms. The number of benzene rings is 2. The summed E-state index contributed by atoms with van der Waals surface area (Å²) in [5.41, 5.74) is 1.67. The molecule has 1 atom stereocenters. The molecule has 29 heavy (non-hydrogen) atoms. The maximum atomic E-state index is 14.3. The normalized spacial score (nSPS) is 16.0. The van der Waals surface area contributed by atoms with Crippen LogP contribution in [0, 0.1) is 5.82 Å². The molecule has 1 N–H and O–H groups in total. The Labute approximate surface area is 168 Å². The van der Waals surface area contributed by atoms with Crippen molar-refractivity contribution in [2.75, 3.05) is 13.1 Å². The largest absolute Gasteiger partial charge is 0.330 e. The van der Waals surface area contributed by atoms with Crippen LogP contribution in [0.3, 0.4) is 0 Å². The van der Waals surface area contributed by atoms with Crippen molar-refractivity contribution in [2.24, 2.45) is 0 Å². The molecule has 0 aliphatic carbocycles. The van der Waals surface area contributed by atoms with Gasteiger partial charge in [-0.15, -0.1) is 0 Å². The van der Waals surface area contributed by atoms with Crippen LogP contribution in [-0.2, 0) is 0 Å². The summed E-state index contributed by atoms with van der Waals surface area (Å²) in [5.74, 6) is -0.613. The highest BCUT2D eigenvalue weighted by molar-refractivity contribution is 5.78. The van der Waals surface area contributed by atoms with E-state index in [1.54, 1.807) is 16.7 Å². The number of fused-ring (bicyclic) bond motifs is 1. The van der Waals surface area contributed by atoms with Gasteiger partial charge in [-0.2, -0.15) is 0 Å². The molecule has 1 unspecified atom stereocenters. The van der Waals surface area contributed by atoms with Crippen LogP contribution >= 0.6 is 0 Å². The summed E-state index contributed by atoms with van der Waals surface area (Å²) >= 11 is 0. The van der Waals surface area contributed by atoms with Crippen LogP contribution < -0.4 is 11.2 Å². The van der Waals surface area contributed by atoms with Crippen LogP contribution in [0.5, 0.6) is 0 Å². The van der Waals surface area contributed by atoms with Gasteiger partial charge in [-0.3, -0.25) is 19.2 Å². The average molecular weight is 393 g/mol. The van der Waals surface area contributed by atoms with Gasteiger partial charge in [-0.05, 0) is 36.1 Å². The highest BCUT2D eigenvalue weighted by Gasteiger charge is 2.25. The third-order valence-electron chi connectivity index (χ3n) is 5.57. The lowest BCUT2D eigenvalue weighted by atomic mass is 9.99. The standard InChI is InChI=1S/C23H24FN3O2/c1-2-7-20(26-14-12-17(13-15-26)16-8-4-3-5-9-16)27-19-11-6-10-18(24)21(19)22(28)25-23(27)29/h3-6,8-12,20H,2,7,13-15H2,1H3,(H,25,28,29). The third-order valence-corrected chi connectivity index (χ3v) is 5.57. The minimum absolute atomic E-state index is 0.0641. The maximum Gasteiger partial charge on any atom is 0.330 e. The van der Waals surface area contributed by atoms with Crippen molar-refractivity contribution < 1.29 is 4.39 Å². The lowest BCUT2D eigenvalue weighted by Gasteiger charge is -2.35. The Morgan fingerprint density at radius 1 is 1.10 bits per heavy atom. The molecule has 5 nitrogen and oxygen atoms in total. The van der Waals surface area contributed by atoms with Crippen LogP contribution in [-0.4, -0.2) is 27.5 Å². The number of aromatic amines is 1. The molecule has 0 radical (unpaired) electrons. The van der Waals surface area contributed by atoms with E-state index in [1.165, 1.54) is 17.2 Å². The summed E-state index contributed by atoms with van der Waals surface area (Å²) in [6.07, 6.45) is 4.41. The molecule has 0 saturated carbocycles. The summed E-state index contributed by atoms with van der Waals surface area (Å²) in [7, 11) is 0. The Morgan fingerprint density at radius 3 is 2.59 bits per heavy atom. The fourth-order valence-electron chi connectivity index (χ4n) is 4.17. The summed E-state index contributed by atoms with van der Waals surface area (Å²) in [5, 5.41) is -0.0641. The Balaban J connectivity index is 1.75. The van der Waals surface area contributed by atoms with Crippen LogP contribution in [0.15, 0.2) is 64.2 Å². The lowest BCUT2D eigenvalue weighted by Crippen LogP contribution is -2.42. The van der Waals surface area contributed by atoms with Crippen LogP contribution in [0.2, 0.25) is 0 Å². The van der Waals surface area contributed by atoms with Crippen molar-refractivity contribution in [3.63, 3.8) is 0 Å². The van der Waals surface area contributed by atoms with Gasteiger partial charge >= 0.3 is 5.69 Å². The zero-order valence-corrected chi connectivity index (χ0v) is 16.4. The van der Waals surface area contributed by atoms with Crippen LogP contribution in [0.4, 0.5) is 4.39 Å². The Hall–Kier alpha value is -2.99. The van der Waals surface area contributed by atoms with Gasteiger partial charge in [0.2, 0.25) is 0 Å². The summed E-state index contributed by atoms with van der Waals surface area (Å²) < 4.78 is 15.9. The van der Waals surface area contributed by atoms with Gasteiger partial charge in [0.05, 0.1) is 17.1 Å². The van der Waals surface area contributed by atoms with Crippen molar-refractivity contribution in [3.8, 4) is 0 Å². The first-order chi connectivity index (χ1) is 14.1. The Morgan fingerprint density at radius 2 is 1.90 bits per heavy atom. The van der Waals surface area contributed by atoms with E-state index in [0.717, 1.165) is 25.8 Å². The molecule has 0 fully saturated rings. The van der Waals surface area contributed by atoms with Crippen molar-refractivity contribution in [1.29, 1.82) is 0 Å². The molecule has 1 aromatic heterocycles. The second kappa shape index (κ2) is 8.17. The minimum atomic E-state index is -0.681. The van der Waals surface area contributed by atoms with E-state index in [-0.39, 0.29) is 11.6 Å². The molecule has 2 aromatic carbocycles. The van der Waals surface area contributed by atoms with Gasteiger partial charge in [-0.1, -0.05) is 55.8 Å². The zero-order chi connectivity index (χ0) is 20.4. The van der Waals surface area contributed by atoms with Gasteiger partial charge < -0.3 is 0 Å². The van der Waals surface area contributed by atoms with Crippen LogP contribution in [0.1, 0.15) is 37.9 Å². The number of H-pyrrole nitrogens is 1. The van der Waals surface area contributed by atoms with Gasteiger partial charge in [0, 0.05) is 13.1 Å². The van der Waals surface area contributed by atoms with E-state index < -0.39 is 17.1 Å². The molecule has 150 valence electrons. The SMILES string of the molecule is CCCC(N1CC=C(c2ccccc2)CC1)n1c(=O)[nH]c(=O)c2c(F)cccc21. The highest BCUT2D eigenvalue weighted by atomic mass is 19.1. The summed E-state index contributed by atoms with van der Waals surface area (Å²) in [6, 6.07) is 14.7. The van der Waals surface area contributed by atoms with Gasteiger partial charge in [-0.25, -0.2) is 9.18 Å². The van der Waals surface area contributed by atoms with E-state index in [0.29, 0.717) is 12.1 Å². The predicted octanol–water partition coefficient (Wildman–Crippen LogP) is 3.92. The van der Waals surface area contributed by atoms with Crippen molar-refractivity contribution in [2.45, 2.75) is 32.4 Å². The molecule has 4 rings (SSSR count). The number of hydrogen-bond donors (Lipinski definition) is 1. The maximum absolute atomic E-state index is 14.3. The van der Waals surface area contributed by atoms with E-state index >= 15 is 0 Å². The monoisotopic (exact) mass is 393 g/mol. The van der Waals surface area contributed by atoms with Gasteiger partial charge in [0.15, 0.2) is 0 Å². The highest BCUT2D eigenvalue weighted by Crippen LogP contribution is 2.28. The first-order valence-corrected chi connectivity index (χ1v) is 10.0. The fraction of sp³-hybridized carbons (Fsp3) is 0.304. The Bertz CT molecular complexity index is 1160. The van der Waals surface area contributed by atoms with Gasteiger partial charge in [0.1, 0.15) is 5.82 Å². The van der Waals surface area contributed by atoms with E-state index in [2.05, 4.69) is 35.0 Å². The molecule has 1 aliphatic rings. The van der Waals surface area contributed by atoms with E-state index in [4.69, 9.17) is 0 Å². The third kappa shape index (κ3) is 3.68. The molecule has 2 heterocycles. The molecular weight excluding hydrogens is 369 g/mol. The molecule has 0 bridgehead atoms. The van der Waals surface area contributed by atoms with Crippen molar-refractivity contribution in [1.82, 2.24) is 14.5 Å². The number of nitrogens with one attached hydrogen (secondary N) is 1. The van der Waals surface area contributed by atoms with Crippen LogP contribution in [0.25, 0.3) is 16.5 Å². The lowest BCUT2D eigenvalue weighted by molar-refractivity contribution is 0.143. The first-order valence-electron chi connectivity index (χ1n) is 10.0. The zero-order valence-electron chi connectivity index (χ0n) is 16.4. The molecule has 3 aromatic rings. The average Bonchev–Trinajstić information content (AvgIpc) is 2.73. The van der Waals surface area contributed by atoms with Gasteiger partial charge in [0.25, 0.3) is 5.56 Å². The minimum Gasteiger partial charge on any atom is -0.279 e. The predicted molar refractivity (Wildman–Crippen MR) is 113 cm³/mol. The smallest absolute Gasteiger partial charge is 0.279 e. The second-order valence-corrected chi connectivity index (χ2v) is 7.37. The van der Waals surface area contributed by atoms with Crippen molar-refractivity contribution in [3.05, 3.63) is 86.8 Å². The number of rotatable bonds is 5. The second-order valence-electron chi connectivity index (χ2n) is 7.37. The molecule has 0 amide bonds. The number of nitrogens with zero attached hydrogens (tertiary/aromatic N) is 2. The topological polar surface area (TPSA) is 58.1 Å². The quantitative estimate of drug-likeness (QED) is 0.715. The fourth-order valence-corrected chi connectivity index (χ4v) is 4.17. The molecule has 0 saturated heterocycles. The number of hydrogen-bond acceptors (Lipinski definition) is 3. The van der Waals surface area contributed by atoms with Crippen molar-refractivity contribution >= 4 is 16.5 Å². The number of aromatic nitrogens is 2. The Kier molecular flexibility index (Phi) is 5.45. The van der Waals surface area contributed by atoms with E-state index in [1.807, 2.05) is 18.2 Å². The summed E-state index contributed by atoms with van der Waals surface area (Å²) in [4.78, 5) is 29.5. The first kappa shape index (κ1) is 19.3. The molecule has 1 aliphatic heterocycles. The molecule has 6 heteroatoms. The summed E-state index contributed by atoms with van der Waals surface area (Å²) in [6.45, 7) is 3.53. The molecular formula is C23H24FN3O2. The van der Waals surface area contributed by atoms with E-state index in [9.17, 15) is 14.0 Å².